The second-order valence-corrected chi connectivity index (χ2v) is 2.68. The zero-order valence-corrected chi connectivity index (χ0v) is 5.37. The van der Waals surface area contributed by atoms with Crippen LogP contribution in [-0.4, -0.2) is 22.3 Å². The van der Waals surface area contributed by atoms with Crippen LogP contribution in [0.4, 0.5) is 0 Å². The monoisotopic (exact) mass is 172 g/mol. The van der Waals surface area contributed by atoms with Crippen molar-refractivity contribution >= 4 is 25.0 Å². The molecule has 0 bridgehead atoms. The SMILES string of the molecule is OC(O)CSBr. The van der Waals surface area contributed by atoms with E-state index in [1.54, 1.807) is 0 Å². The average molecular weight is 173 g/mol. The van der Waals surface area contributed by atoms with Crippen LogP contribution in [-0.2, 0) is 0 Å². The van der Waals surface area contributed by atoms with Gasteiger partial charge in [-0.3, -0.25) is 0 Å². The van der Waals surface area contributed by atoms with E-state index in [0.29, 0.717) is 5.75 Å². The highest BCUT2D eigenvalue weighted by molar-refractivity contribution is 9.50. The lowest BCUT2D eigenvalue weighted by atomic mass is 10.8. The van der Waals surface area contributed by atoms with Gasteiger partial charge in [-0.2, -0.15) is 0 Å². The summed E-state index contributed by atoms with van der Waals surface area (Å²) in [4.78, 5) is 0. The van der Waals surface area contributed by atoms with Crippen LogP contribution in [0.2, 0.25) is 0 Å². The smallest absolute Gasteiger partial charge is 0.161 e. The molecule has 0 atom stereocenters. The van der Waals surface area contributed by atoms with Gasteiger partial charge in [0.2, 0.25) is 0 Å². The summed E-state index contributed by atoms with van der Waals surface area (Å²) in [6.07, 6.45) is -1.19. The number of aliphatic hydroxyl groups is 2. The van der Waals surface area contributed by atoms with Crippen LogP contribution in [0.1, 0.15) is 0 Å². The molecular weight excluding hydrogens is 168 g/mol. The highest BCUT2D eigenvalue weighted by atomic mass is 79.9. The van der Waals surface area contributed by atoms with Crippen LogP contribution in [0.25, 0.3) is 0 Å². The third-order valence-electron chi connectivity index (χ3n) is 0.212. The van der Waals surface area contributed by atoms with Gasteiger partial charge >= 0.3 is 0 Å². The quantitative estimate of drug-likeness (QED) is 0.591. The van der Waals surface area contributed by atoms with Crippen molar-refractivity contribution in [2.75, 3.05) is 5.75 Å². The molecule has 0 saturated heterocycles. The van der Waals surface area contributed by atoms with Crippen molar-refractivity contribution < 1.29 is 10.2 Å². The molecule has 0 aromatic carbocycles. The molecule has 0 radical (unpaired) electrons. The Labute approximate surface area is 47.8 Å². The van der Waals surface area contributed by atoms with Crippen molar-refractivity contribution in [1.29, 1.82) is 0 Å². The van der Waals surface area contributed by atoms with Gasteiger partial charge in [0.25, 0.3) is 0 Å². The van der Waals surface area contributed by atoms with Crippen molar-refractivity contribution in [2.45, 2.75) is 6.29 Å². The van der Waals surface area contributed by atoms with Gasteiger partial charge in [-0.25, -0.2) is 0 Å². The molecule has 2 nitrogen and oxygen atoms in total. The predicted molar refractivity (Wildman–Crippen MR) is 29.6 cm³/mol. The fourth-order valence-electron chi connectivity index (χ4n) is 0.0563. The number of rotatable bonds is 2. The zero-order chi connectivity index (χ0) is 4.99. The van der Waals surface area contributed by atoms with Crippen molar-refractivity contribution in [3.05, 3.63) is 0 Å². The van der Waals surface area contributed by atoms with Crippen molar-refractivity contribution in [2.24, 2.45) is 0 Å². The first kappa shape index (κ1) is 6.75. The molecule has 0 spiro atoms. The predicted octanol–water partition coefficient (Wildman–Crippen LogP) is 0.340. The second-order valence-electron chi connectivity index (χ2n) is 0.756. The zero-order valence-electron chi connectivity index (χ0n) is 2.97. The Kier molecular flexibility index (Phi) is 4.41. The van der Waals surface area contributed by atoms with E-state index in [4.69, 9.17) is 10.2 Å². The number of hydrogen-bond donors (Lipinski definition) is 2. The van der Waals surface area contributed by atoms with Gasteiger partial charge in [-0.1, -0.05) is 10.2 Å². The summed E-state index contributed by atoms with van der Waals surface area (Å²) in [5.41, 5.74) is 0. The van der Waals surface area contributed by atoms with Crippen molar-refractivity contribution in [3.63, 3.8) is 0 Å². The summed E-state index contributed by atoms with van der Waals surface area (Å²) < 4.78 is 0. The first-order valence-electron chi connectivity index (χ1n) is 1.37. The Hall–Kier alpha value is 0.750. The molecule has 0 aliphatic carbocycles. The van der Waals surface area contributed by atoms with E-state index in [2.05, 4.69) is 14.8 Å². The molecule has 2 N–H and O–H groups in total. The number of halogens is 1. The molecule has 0 heterocycles. The Bertz CT molecular complexity index is 32.7. The van der Waals surface area contributed by atoms with Crippen LogP contribution in [0.15, 0.2) is 0 Å². The molecule has 38 valence electrons. The Morgan fingerprint density at radius 2 is 2.17 bits per heavy atom. The van der Waals surface area contributed by atoms with Gasteiger partial charge in [0.05, 0.1) is 5.75 Å². The lowest BCUT2D eigenvalue weighted by molar-refractivity contribution is -0.0184. The lowest BCUT2D eigenvalue weighted by Crippen LogP contribution is -2.05. The first-order chi connectivity index (χ1) is 2.77. The molecule has 4 heteroatoms. The van der Waals surface area contributed by atoms with Crippen molar-refractivity contribution in [3.8, 4) is 0 Å². The van der Waals surface area contributed by atoms with Gasteiger partial charge in [-0.15, -0.1) is 0 Å². The molecule has 0 unspecified atom stereocenters. The molecule has 0 aliphatic rings. The van der Waals surface area contributed by atoms with Crippen LogP contribution < -0.4 is 0 Å². The van der Waals surface area contributed by atoms with E-state index >= 15 is 0 Å². The van der Waals surface area contributed by atoms with E-state index in [1.165, 1.54) is 10.2 Å². The topological polar surface area (TPSA) is 40.5 Å². The first-order valence-corrected chi connectivity index (χ1v) is 4.20. The van der Waals surface area contributed by atoms with Crippen LogP contribution in [0.3, 0.4) is 0 Å². The molecule has 0 rings (SSSR count). The molecule has 0 aromatic heterocycles. The maximum atomic E-state index is 8.06. The molecule has 6 heavy (non-hydrogen) atoms. The largest absolute Gasteiger partial charge is 0.367 e. The van der Waals surface area contributed by atoms with Gasteiger partial charge in [-0.05, 0) is 14.8 Å². The Morgan fingerprint density at radius 3 is 2.17 bits per heavy atom. The maximum Gasteiger partial charge on any atom is 0.161 e. The molecule has 0 saturated carbocycles. The summed E-state index contributed by atoms with van der Waals surface area (Å²) in [7, 11) is 1.22. The Morgan fingerprint density at radius 1 is 1.67 bits per heavy atom. The minimum absolute atomic E-state index is 0.319. The minimum atomic E-state index is -1.19. The summed E-state index contributed by atoms with van der Waals surface area (Å²) >= 11 is 2.95. The highest BCUT2D eigenvalue weighted by Gasteiger charge is 1.90. The molecular formula is C2H5BrO2S. The van der Waals surface area contributed by atoms with Crippen LogP contribution >= 0.6 is 25.0 Å². The number of hydrogen-bond acceptors (Lipinski definition) is 3. The second kappa shape index (κ2) is 3.92. The Balaban J connectivity index is 2.63. The van der Waals surface area contributed by atoms with E-state index in [9.17, 15) is 0 Å². The van der Waals surface area contributed by atoms with Crippen molar-refractivity contribution in [1.82, 2.24) is 0 Å². The van der Waals surface area contributed by atoms with E-state index < -0.39 is 6.29 Å². The van der Waals surface area contributed by atoms with Crippen LogP contribution in [0, 0.1) is 0 Å². The van der Waals surface area contributed by atoms with E-state index in [0.717, 1.165) is 0 Å². The third-order valence-corrected chi connectivity index (χ3v) is 1.43. The standard InChI is InChI=1S/C2H5BrO2S/c3-6-1-2(4)5/h2,4-5H,1H2. The summed E-state index contributed by atoms with van der Waals surface area (Å²) in [5.74, 6) is 0.319. The highest BCUT2D eigenvalue weighted by Crippen LogP contribution is 2.09. The van der Waals surface area contributed by atoms with Gasteiger partial charge < -0.3 is 10.2 Å². The fourth-order valence-corrected chi connectivity index (χ4v) is 0.878. The molecule has 0 fully saturated rings. The normalized spacial score (nSPS) is 10.0. The van der Waals surface area contributed by atoms with Gasteiger partial charge in [0, 0.05) is 0 Å². The maximum absolute atomic E-state index is 8.06. The molecule has 0 amide bonds. The average Bonchev–Trinajstić information content (AvgIpc) is 1.35. The van der Waals surface area contributed by atoms with Gasteiger partial charge in [0.15, 0.2) is 6.29 Å². The lowest BCUT2D eigenvalue weighted by Gasteiger charge is -1.93. The van der Waals surface area contributed by atoms with E-state index in [1.807, 2.05) is 0 Å². The minimum Gasteiger partial charge on any atom is -0.367 e. The molecule has 0 aromatic rings. The van der Waals surface area contributed by atoms with E-state index in [-0.39, 0.29) is 0 Å². The fraction of sp³-hybridized carbons (Fsp3) is 1.00. The van der Waals surface area contributed by atoms with Gasteiger partial charge in [0.1, 0.15) is 0 Å². The third kappa shape index (κ3) is 4.75. The van der Waals surface area contributed by atoms with Crippen LogP contribution in [0.5, 0.6) is 0 Å². The summed E-state index contributed by atoms with van der Waals surface area (Å²) in [5, 5.41) is 16.1. The summed E-state index contributed by atoms with van der Waals surface area (Å²) in [6, 6.07) is 0. The molecule has 0 aliphatic heterocycles. The summed E-state index contributed by atoms with van der Waals surface area (Å²) in [6.45, 7) is 0. The number of aliphatic hydroxyl groups excluding tert-OH is 1.